The van der Waals surface area contributed by atoms with Crippen molar-refractivity contribution < 1.29 is 22.4 Å². The molecule has 2 heterocycles. The number of rotatable bonds is 10. The molecule has 1 saturated carbocycles. The third-order valence-electron chi connectivity index (χ3n) is 6.44. The van der Waals surface area contributed by atoms with Crippen LogP contribution in [0.3, 0.4) is 0 Å². The molecule has 0 bridgehead atoms. The minimum Gasteiger partial charge on any atom is -0.370 e. The summed E-state index contributed by atoms with van der Waals surface area (Å²) < 4.78 is 57.0. The molecule has 8 nitrogen and oxygen atoms in total. The molecule has 1 atom stereocenters. The van der Waals surface area contributed by atoms with Gasteiger partial charge in [-0.3, -0.25) is 9.36 Å². The summed E-state index contributed by atoms with van der Waals surface area (Å²) in [5.74, 6) is -4.45. The van der Waals surface area contributed by atoms with Crippen LogP contribution in [0.2, 0.25) is 5.02 Å². The summed E-state index contributed by atoms with van der Waals surface area (Å²) in [6.07, 6.45) is 3.44. The van der Waals surface area contributed by atoms with E-state index >= 15 is 0 Å². The number of carbonyl (C=O) groups excluding carboxylic acids is 1. The number of benzene rings is 1. The van der Waals surface area contributed by atoms with Gasteiger partial charge >= 0.3 is 0 Å². The van der Waals surface area contributed by atoms with Crippen LogP contribution < -0.4 is 16.4 Å². The fraction of sp³-hybridized carbons (Fsp3) is 0.500. The van der Waals surface area contributed by atoms with Gasteiger partial charge < -0.3 is 16.4 Å². The average molecular weight is 542 g/mol. The summed E-state index contributed by atoms with van der Waals surface area (Å²) >= 11 is 6.10. The van der Waals surface area contributed by atoms with Crippen LogP contribution >= 0.6 is 11.6 Å². The van der Waals surface area contributed by atoms with E-state index in [4.69, 9.17) is 17.3 Å². The Labute approximate surface area is 216 Å². The summed E-state index contributed by atoms with van der Waals surface area (Å²) in [6, 6.07) is 1.17. The van der Waals surface area contributed by atoms with E-state index in [1.54, 1.807) is 4.57 Å². The zero-order chi connectivity index (χ0) is 26.7. The fourth-order valence-electron chi connectivity index (χ4n) is 4.58. The Bertz CT molecular complexity index is 1250. The van der Waals surface area contributed by atoms with Gasteiger partial charge in [0.15, 0.2) is 11.5 Å². The van der Waals surface area contributed by atoms with Crippen LogP contribution in [0.4, 0.5) is 35.1 Å². The number of amides is 1. The Balaban J connectivity index is 1.74. The highest BCUT2D eigenvalue weighted by Gasteiger charge is 2.35. The molecule has 1 aromatic carbocycles. The predicted molar refractivity (Wildman–Crippen MR) is 133 cm³/mol. The number of nitrogens with one attached hydrogen (secondary N) is 2. The minimum absolute atomic E-state index is 0.0991. The van der Waals surface area contributed by atoms with Crippen molar-refractivity contribution in [3.05, 3.63) is 35.0 Å². The Morgan fingerprint density at radius 3 is 2.62 bits per heavy atom. The molecular formula is C24H28ClF4N7O. The zero-order valence-electron chi connectivity index (χ0n) is 20.2. The van der Waals surface area contributed by atoms with Crippen LogP contribution in [0.25, 0.3) is 11.2 Å². The van der Waals surface area contributed by atoms with Gasteiger partial charge in [0.05, 0.1) is 16.9 Å². The van der Waals surface area contributed by atoms with E-state index in [1.165, 1.54) is 6.20 Å². The summed E-state index contributed by atoms with van der Waals surface area (Å²) in [5.41, 5.74) is 6.00. The van der Waals surface area contributed by atoms with Crippen LogP contribution in [0.1, 0.15) is 64.3 Å². The van der Waals surface area contributed by atoms with E-state index in [0.717, 1.165) is 12.5 Å². The number of carbonyl (C=O) groups is 1. The minimum atomic E-state index is -2.66. The van der Waals surface area contributed by atoms with Crippen LogP contribution in [-0.4, -0.2) is 37.4 Å². The zero-order valence-corrected chi connectivity index (χ0v) is 21.0. The lowest BCUT2D eigenvalue weighted by Gasteiger charge is -2.28. The molecule has 200 valence electrons. The second-order valence-corrected chi connectivity index (χ2v) is 9.71. The maximum Gasteiger partial charge on any atom is 0.248 e. The smallest absolute Gasteiger partial charge is 0.248 e. The van der Waals surface area contributed by atoms with Crippen molar-refractivity contribution in [3.8, 4) is 0 Å². The molecule has 0 aliphatic heterocycles. The number of hydrogen-bond acceptors (Lipinski definition) is 6. The third kappa shape index (κ3) is 6.41. The molecular weight excluding hydrogens is 514 g/mol. The standard InChI is InChI=1S/C24H28ClF4N7O/c1-2-3-15(4-5-19(30)37)36-21-18(33-23(36)34-20-16(25)10-13(26)11-17(20)27)12-31-22(35-21)32-14-6-8-24(28,29)9-7-14/h10-12,14-15H,2-9H2,1H3,(H2,30,37)(H,33,34)(H,31,32,35)/t15-/m0/s1. The Kier molecular flexibility index (Phi) is 8.05. The summed E-state index contributed by atoms with van der Waals surface area (Å²) in [6.45, 7) is 1.97. The summed E-state index contributed by atoms with van der Waals surface area (Å²) in [7, 11) is 0. The fourth-order valence-corrected chi connectivity index (χ4v) is 4.82. The first-order valence-electron chi connectivity index (χ1n) is 12.2. The van der Waals surface area contributed by atoms with Crippen molar-refractivity contribution in [2.45, 2.75) is 76.3 Å². The Hall–Kier alpha value is -3.15. The first-order valence-corrected chi connectivity index (χ1v) is 12.5. The van der Waals surface area contributed by atoms with E-state index in [0.29, 0.717) is 30.1 Å². The van der Waals surface area contributed by atoms with Crippen molar-refractivity contribution in [1.82, 2.24) is 19.5 Å². The number of nitrogens with two attached hydrogens (primary N) is 1. The highest BCUT2D eigenvalue weighted by atomic mass is 35.5. The third-order valence-corrected chi connectivity index (χ3v) is 6.74. The molecule has 0 unspecified atom stereocenters. The van der Waals surface area contributed by atoms with E-state index in [-0.39, 0.29) is 66.8 Å². The van der Waals surface area contributed by atoms with Crippen molar-refractivity contribution in [1.29, 1.82) is 0 Å². The number of hydrogen-bond donors (Lipinski definition) is 3. The topological polar surface area (TPSA) is 111 Å². The molecule has 1 fully saturated rings. The van der Waals surface area contributed by atoms with Crippen molar-refractivity contribution in [3.63, 3.8) is 0 Å². The number of aromatic nitrogens is 4. The summed E-state index contributed by atoms with van der Waals surface area (Å²) in [5, 5.41) is 5.80. The van der Waals surface area contributed by atoms with Crippen LogP contribution in [0.15, 0.2) is 18.3 Å². The van der Waals surface area contributed by atoms with E-state index in [9.17, 15) is 22.4 Å². The van der Waals surface area contributed by atoms with Gasteiger partial charge in [-0.2, -0.15) is 4.98 Å². The van der Waals surface area contributed by atoms with E-state index in [2.05, 4.69) is 25.6 Å². The number of imidazole rings is 1. The van der Waals surface area contributed by atoms with Crippen LogP contribution in [0.5, 0.6) is 0 Å². The monoisotopic (exact) mass is 541 g/mol. The normalized spacial score (nSPS) is 16.6. The number of alkyl halides is 2. The molecule has 0 spiro atoms. The van der Waals surface area contributed by atoms with Crippen molar-refractivity contribution >= 4 is 46.3 Å². The molecule has 1 aliphatic carbocycles. The van der Waals surface area contributed by atoms with Gasteiger partial charge in [0, 0.05) is 37.4 Å². The van der Waals surface area contributed by atoms with Gasteiger partial charge in [-0.15, -0.1) is 0 Å². The van der Waals surface area contributed by atoms with Gasteiger partial charge in [-0.25, -0.2) is 27.5 Å². The van der Waals surface area contributed by atoms with Gasteiger partial charge in [0.25, 0.3) is 0 Å². The second-order valence-electron chi connectivity index (χ2n) is 9.30. The molecule has 2 aromatic heterocycles. The maximum absolute atomic E-state index is 14.6. The molecule has 1 amide bonds. The van der Waals surface area contributed by atoms with Gasteiger partial charge in [0.1, 0.15) is 11.3 Å². The molecule has 13 heteroatoms. The van der Waals surface area contributed by atoms with Crippen LogP contribution in [0, 0.1) is 11.6 Å². The SMILES string of the molecule is CCC[C@@H](CCC(N)=O)n1c(Nc2c(F)cc(F)cc2Cl)nc2cnc(NC3CCC(F)(F)CC3)nc21. The molecule has 3 aromatic rings. The Morgan fingerprint density at radius 2 is 1.97 bits per heavy atom. The van der Waals surface area contributed by atoms with Gasteiger partial charge in [-0.1, -0.05) is 24.9 Å². The van der Waals surface area contributed by atoms with Gasteiger partial charge in [0.2, 0.25) is 23.7 Å². The molecule has 0 saturated heterocycles. The largest absolute Gasteiger partial charge is 0.370 e. The first-order chi connectivity index (χ1) is 17.6. The lowest BCUT2D eigenvalue weighted by atomic mass is 9.92. The number of fused-ring (bicyclic) bond motifs is 1. The molecule has 0 radical (unpaired) electrons. The lowest BCUT2D eigenvalue weighted by molar-refractivity contribution is -0.118. The number of primary amides is 1. The van der Waals surface area contributed by atoms with E-state index in [1.807, 2.05) is 6.92 Å². The van der Waals surface area contributed by atoms with E-state index < -0.39 is 23.5 Å². The van der Waals surface area contributed by atoms with Crippen molar-refractivity contribution in [2.75, 3.05) is 10.6 Å². The molecule has 37 heavy (non-hydrogen) atoms. The average Bonchev–Trinajstić information content (AvgIpc) is 3.17. The predicted octanol–water partition coefficient (Wildman–Crippen LogP) is 6.10. The number of halogens is 5. The first kappa shape index (κ1) is 26.9. The quantitative estimate of drug-likeness (QED) is 0.268. The highest BCUT2D eigenvalue weighted by Crippen LogP contribution is 2.36. The molecule has 4 rings (SSSR count). The second kappa shape index (κ2) is 11.1. The highest BCUT2D eigenvalue weighted by molar-refractivity contribution is 6.33. The maximum atomic E-state index is 14.6. The number of anilines is 3. The van der Waals surface area contributed by atoms with Crippen LogP contribution in [-0.2, 0) is 4.79 Å². The summed E-state index contributed by atoms with van der Waals surface area (Å²) in [4.78, 5) is 25.0. The Morgan fingerprint density at radius 1 is 1.24 bits per heavy atom. The lowest BCUT2D eigenvalue weighted by Crippen LogP contribution is -2.32. The molecule has 4 N–H and O–H groups in total. The molecule has 1 aliphatic rings. The number of nitrogens with zero attached hydrogens (tertiary/aromatic N) is 4. The van der Waals surface area contributed by atoms with Gasteiger partial charge in [-0.05, 0) is 31.7 Å². The van der Waals surface area contributed by atoms with Crippen molar-refractivity contribution in [2.24, 2.45) is 5.73 Å².